The molecule has 1 unspecified atom stereocenters. The lowest BCUT2D eigenvalue weighted by Gasteiger charge is -2.19. The van der Waals surface area contributed by atoms with Crippen molar-refractivity contribution < 1.29 is 13.5 Å². The second kappa shape index (κ2) is 3.69. The number of imidazole rings is 1. The van der Waals surface area contributed by atoms with E-state index in [1.54, 1.807) is 14.0 Å². The van der Waals surface area contributed by atoms with Gasteiger partial charge in [-0.15, -0.1) is 0 Å². The highest BCUT2D eigenvalue weighted by Crippen LogP contribution is 2.28. The quantitative estimate of drug-likeness (QED) is 0.721. The highest BCUT2D eigenvalue weighted by molar-refractivity contribution is 7.89. The van der Waals surface area contributed by atoms with Crippen LogP contribution in [0.4, 0.5) is 5.82 Å². The van der Waals surface area contributed by atoms with Crippen LogP contribution in [0.3, 0.4) is 0 Å². The SMILES string of the molecule is Cn1cnc(N)c1S(=O)(=O)N1CCC(C)(O)C1. The van der Waals surface area contributed by atoms with Gasteiger partial charge in [-0.05, 0) is 13.3 Å². The Balaban J connectivity index is 2.39. The largest absolute Gasteiger partial charge is 0.389 e. The molecule has 0 aromatic carbocycles. The second-order valence-corrected chi connectivity index (χ2v) is 6.48. The first-order valence-corrected chi connectivity index (χ1v) is 6.67. The topological polar surface area (TPSA) is 101 Å². The molecule has 0 aliphatic carbocycles. The summed E-state index contributed by atoms with van der Waals surface area (Å²) in [6.45, 7) is 2.00. The molecular weight excluding hydrogens is 244 g/mol. The number of nitrogen functional groups attached to an aromatic ring is 1. The number of aliphatic hydroxyl groups is 1. The molecule has 1 aliphatic heterocycles. The number of aromatic nitrogens is 2. The molecule has 96 valence electrons. The van der Waals surface area contributed by atoms with E-state index in [0.29, 0.717) is 13.0 Å². The maximum absolute atomic E-state index is 12.3. The first-order chi connectivity index (χ1) is 7.74. The predicted molar refractivity (Wildman–Crippen MR) is 61.6 cm³/mol. The summed E-state index contributed by atoms with van der Waals surface area (Å²) < 4.78 is 27.2. The first kappa shape index (κ1) is 12.3. The molecule has 1 aromatic rings. The molecule has 1 aliphatic rings. The van der Waals surface area contributed by atoms with Crippen LogP contribution in [0.25, 0.3) is 0 Å². The van der Waals surface area contributed by atoms with Crippen molar-refractivity contribution in [1.29, 1.82) is 0 Å². The summed E-state index contributed by atoms with van der Waals surface area (Å²) in [6, 6.07) is 0. The summed E-state index contributed by atoms with van der Waals surface area (Å²) in [7, 11) is -2.11. The molecule has 1 saturated heterocycles. The Bertz CT molecular complexity index is 515. The number of rotatable bonds is 2. The number of aryl methyl sites for hydroxylation is 1. The van der Waals surface area contributed by atoms with Crippen LogP contribution in [0.1, 0.15) is 13.3 Å². The first-order valence-electron chi connectivity index (χ1n) is 5.23. The molecule has 3 N–H and O–H groups in total. The lowest BCUT2D eigenvalue weighted by molar-refractivity contribution is 0.0762. The lowest BCUT2D eigenvalue weighted by Crippen LogP contribution is -2.35. The van der Waals surface area contributed by atoms with E-state index in [0.717, 1.165) is 0 Å². The third-order valence-electron chi connectivity index (χ3n) is 2.91. The number of nitrogens with two attached hydrogens (primary N) is 1. The van der Waals surface area contributed by atoms with E-state index in [9.17, 15) is 13.5 Å². The maximum Gasteiger partial charge on any atom is 0.262 e. The molecule has 1 atom stereocenters. The van der Waals surface area contributed by atoms with Gasteiger partial charge in [0.2, 0.25) is 0 Å². The molecule has 1 aromatic heterocycles. The highest BCUT2D eigenvalue weighted by atomic mass is 32.2. The molecule has 0 amide bonds. The summed E-state index contributed by atoms with van der Waals surface area (Å²) in [5.74, 6) is -0.0148. The van der Waals surface area contributed by atoms with Crippen LogP contribution < -0.4 is 5.73 Å². The standard InChI is InChI=1S/C9H16N4O3S/c1-9(14)3-4-13(5-9)17(15,16)8-7(10)11-6-12(8)2/h6,14H,3-5,10H2,1-2H3. The van der Waals surface area contributed by atoms with Crippen molar-refractivity contribution in [2.45, 2.75) is 24.0 Å². The third-order valence-corrected chi connectivity index (χ3v) is 4.89. The predicted octanol–water partition coefficient (Wildman–Crippen LogP) is -0.852. The van der Waals surface area contributed by atoms with Crippen LogP contribution in [0.2, 0.25) is 0 Å². The smallest absolute Gasteiger partial charge is 0.262 e. The second-order valence-electron chi connectivity index (χ2n) is 4.63. The number of β-amino-alcohol motifs (C(OH)–C–C–N with tert-alkyl or cyclic N) is 1. The molecule has 0 spiro atoms. The van der Waals surface area contributed by atoms with Crippen molar-refractivity contribution in [2.75, 3.05) is 18.8 Å². The van der Waals surface area contributed by atoms with Gasteiger partial charge in [0.05, 0.1) is 11.9 Å². The average molecular weight is 260 g/mol. The Morgan fingerprint density at radius 2 is 2.24 bits per heavy atom. The summed E-state index contributed by atoms with van der Waals surface area (Å²) in [5, 5.41) is 9.79. The third kappa shape index (κ3) is 2.03. The molecule has 0 saturated carbocycles. The average Bonchev–Trinajstić information content (AvgIpc) is 2.70. The number of hydrogen-bond donors (Lipinski definition) is 2. The number of nitrogens with zero attached hydrogens (tertiary/aromatic N) is 3. The maximum atomic E-state index is 12.3. The van der Waals surface area contributed by atoms with Gasteiger partial charge in [-0.2, -0.15) is 4.31 Å². The number of hydrogen-bond acceptors (Lipinski definition) is 5. The van der Waals surface area contributed by atoms with E-state index in [1.807, 2.05) is 0 Å². The molecule has 0 bridgehead atoms. The monoisotopic (exact) mass is 260 g/mol. The van der Waals surface area contributed by atoms with Gasteiger partial charge in [0, 0.05) is 20.1 Å². The molecule has 17 heavy (non-hydrogen) atoms. The summed E-state index contributed by atoms with van der Waals surface area (Å²) in [6.07, 6.45) is 1.78. The fourth-order valence-corrected chi connectivity index (χ4v) is 3.73. The van der Waals surface area contributed by atoms with Crippen molar-refractivity contribution in [1.82, 2.24) is 13.9 Å². The van der Waals surface area contributed by atoms with E-state index in [2.05, 4.69) is 4.98 Å². The van der Waals surface area contributed by atoms with Gasteiger partial charge in [-0.1, -0.05) is 0 Å². The highest BCUT2D eigenvalue weighted by Gasteiger charge is 2.40. The fourth-order valence-electron chi connectivity index (χ4n) is 1.98. The Kier molecular flexibility index (Phi) is 2.68. The molecule has 2 heterocycles. The van der Waals surface area contributed by atoms with Crippen LogP contribution in [0, 0.1) is 0 Å². The van der Waals surface area contributed by atoms with Gasteiger partial charge in [-0.3, -0.25) is 0 Å². The summed E-state index contributed by atoms with van der Waals surface area (Å²) in [5.41, 5.74) is 4.59. The normalized spacial score (nSPS) is 26.5. The van der Waals surface area contributed by atoms with Crippen LogP contribution >= 0.6 is 0 Å². The zero-order valence-electron chi connectivity index (χ0n) is 9.79. The van der Waals surface area contributed by atoms with Crippen molar-refractivity contribution in [3.8, 4) is 0 Å². The Morgan fingerprint density at radius 1 is 1.59 bits per heavy atom. The molecule has 0 radical (unpaired) electrons. The zero-order valence-corrected chi connectivity index (χ0v) is 10.6. The van der Waals surface area contributed by atoms with Gasteiger partial charge < -0.3 is 15.4 Å². The molecule has 8 heteroatoms. The van der Waals surface area contributed by atoms with Crippen LogP contribution in [-0.2, 0) is 17.1 Å². The van der Waals surface area contributed by atoms with Gasteiger partial charge in [0.15, 0.2) is 10.8 Å². The minimum Gasteiger partial charge on any atom is -0.389 e. The van der Waals surface area contributed by atoms with Crippen molar-refractivity contribution in [2.24, 2.45) is 7.05 Å². The van der Waals surface area contributed by atoms with E-state index in [4.69, 9.17) is 5.73 Å². The molecular formula is C9H16N4O3S. The zero-order chi connectivity index (χ0) is 12.8. The summed E-state index contributed by atoms with van der Waals surface area (Å²) >= 11 is 0. The molecule has 1 fully saturated rings. The van der Waals surface area contributed by atoms with Gasteiger partial charge in [0.25, 0.3) is 10.0 Å². The van der Waals surface area contributed by atoms with E-state index in [1.165, 1.54) is 15.2 Å². The van der Waals surface area contributed by atoms with Crippen molar-refractivity contribution in [3.05, 3.63) is 6.33 Å². The Labute approximate surface area is 99.9 Å². The van der Waals surface area contributed by atoms with Gasteiger partial charge in [-0.25, -0.2) is 13.4 Å². The van der Waals surface area contributed by atoms with E-state index >= 15 is 0 Å². The van der Waals surface area contributed by atoms with Gasteiger partial charge in [0.1, 0.15) is 0 Å². The van der Waals surface area contributed by atoms with Crippen LogP contribution in [-0.4, -0.2) is 46.1 Å². The van der Waals surface area contributed by atoms with E-state index < -0.39 is 15.6 Å². The lowest BCUT2D eigenvalue weighted by atomic mass is 10.1. The Morgan fingerprint density at radius 3 is 2.65 bits per heavy atom. The van der Waals surface area contributed by atoms with Crippen molar-refractivity contribution in [3.63, 3.8) is 0 Å². The number of anilines is 1. The molecule has 7 nitrogen and oxygen atoms in total. The van der Waals surface area contributed by atoms with Crippen LogP contribution in [0.15, 0.2) is 11.4 Å². The van der Waals surface area contributed by atoms with Gasteiger partial charge >= 0.3 is 0 Å². The van der Waals surface area contributed by atoms with Crippen LogP contribution in [0.5, 0.6) is 0 Å². The van der Waals surface area contributed by atoms with E-state index in [-0.39, 0.29) is 17.4 Å². The molecule has 2 rings (SSSR count). The fraction of sp³-hybridized carbons (Fsp3) is 0.667. The van der Waals surface area contributed by atoms with Crippen molar-refractivity contribution >= 4 is 15.8 Å². The number of sulfonamides is 1. The Hall–Kier alpha value is -1.12. The minimum absolute atomic E-state index is 0.0148. The minimum atomic E-state index is -3.68. The summed E-state index contributed by atoms with van der Waals surface area (Å²) in [4.78, 5) is 3.76.